The molecule has 3 N–H and O–H groups in total. The summed E-state index contributed by atoms with van der Waals surface area (Å²) in [7, 11) is 2.98. The number of fused-ring (bicyclic) bond motifs is 2. The topological polar surface area (TPSA) is 161 Å². The highest BCUT2D eigenvalue weighted by atomic mass is 19.4. The maximum atomic E-state index is 13.2. The van der Waals surface area contributed by atoms with E-state index in [1.807, 2.05) is 13.8 Å². The molecule has 4 rings (SSSR count). The average molecular weight is 621 g/mol. The number of hydrogen-bond acceptors (Lipinski definition) is 12. The molecule has 0 saturated heterocycles. The van der Waals surface area contributed by atoms with Gasteiger partial charge in [0, 0.05) is 24.5 Å². The van der Waals surface area contributed by atoms with E-state index in [2.05, 4.69) is 30.0 Å². The number of carbonyl (C=O) groups is 1. The molecule has 0 bridgehead atoms. The predicted molar refractivity (Wildman–Crippen MR) is 154 cm³/mol. The summed E-state index contributed by atoms with van der Waals surface area (Å²) in [6.07, 6.45) is -5.34. The van der Waals surface area contributed by atoms with E-state index in [0.29, 0.717) is 34.6 Å². The molecule has 236 valence electrons. The molecule has 0 amide bonds. The van der Waals surface area contributed by atoms with E-state index >= 15 is 0 Å². The summed E-state index contributed by atoms with van der Waals surface area (Å²) in [5.41, 5.74) is 0.0397. The predicted octanol–water partition coefficient (Wildman–Crippen LogP) is 3.69. The van der Waals surface area contributed by atoms with E-state index in [1.54, 1.807) is 24.0 Å². The van der Waals surface area contributed by atoms with Crippen LogP contribution in [0.15, 0.2) is 29.1 Å². The first-order chi connectivity index (χ1) is 20.8. The van der Waals surface area contributed by atoms with Crippen molar-refractivity contribution in [1.82, 2.24) is 24.8 Å². The number of nitrogens with one attached hydrogen (secondary N) is 2. The molecule has 16 heteroatoms. The summed E-state index contributed by atoms with van der Waals surface area (Å²) in [5, 5.41) is 12.6. The van der Waals surface area contributed by atoms with Crippen molar-refractivity contribution in [2.24, 2.45) is 5.92 Å². The van der Waals surface area contributed by atoms with Gasteiger partial charge in [-0.1, -0.05) is 13.8 Å². The Labute approximate surface area is 248 Å². The number of carbonyl (C=O) groups excluding carboxylic acids is 1. The molecule has 0 radical (unpaired) electrons. The molecule has 0 spiro atoms. The standard InChI is InChI=1S/C28H31F3N6O7/c1-14(2)12-37(13-38)8-9-43-19-7-6-17-22(23(19)44-25(40)28(29,30)31)24(39)35-27(33-17)36-26-32-15(3)16-10-20(41-4)21(42-5)11-18(16)34-26/h6-7,10-11,14,38H,8-9,12-13H2,1-5H3,(H2,32,33,34,35,36,39). The fourth-order valence-electron chi connectivity index (χ4n) is 4.40. The molecular formula is C28H31F3N6O7. The Morgan fingerprint density at radius 1 is 1.07 bits per heavy atom. The van der Waals surface area contributed by atoms with Crippen LogP contribution < -0.4 is 29.8 Å². The smallest absolute Gasteiger partial charge is 0.491 e. The lowest BCUT2D eigenvalue weighted by atomic mass is 10.1. The van der Waals surface area contributed by atoms with Gasteiger partial charge in [-0.3, -0.25) is 20.0 Å². The monoisotopic (exact) mass is 620 g/mol. The molecule has 44 heavy (non-hydrogen) atoms. The number of aromatic nitrogens is 4. The number of aromatic amines is 1. The van der Waals surface area contributed by atoms with Crippen LogP contribution in [-0.4, -0.2) is 82.7 Å². The second-order valence-electron chi connectivity index (χ2n) is 10.0. The molecule has 2 aromatic carbocycles. The van der Waals surface area contributed by atoms with Gasteiger partial charge in [-0.2, -0.15) is 13.2 Å². The number of ether oxygens (including phenoxy) is 4. The molecule has 2 heterocycles. The van der Waals surface area contributed by atoms with Gasteiger partial charge in [0.15, 0.2) is 23.0 Å². The first-order valence-electron chi connectivity index (χ1n) is 13.3. The van der Waals surface area contributed by atoms with Gasteiger partial charge in [0.25, 0.3) is 5.56 Å². The van der Waals surface area contributed by atoms with Gasteiger partial charge in [0.05, 0.1) is 37.7 Å². The van der Waals surface area contributed by atoms with Crippen molar-refractivity contribution in [2.45, 2.75) is 26.9 Å². The lowest BCUT2D eigenvalue weighted by Gasteiger charge is -2.22. The maximum absolute atomic E-state index is 13.2. The van der Waals surface area contributed by atoms with Gasteiger partial charge >= 0.3 is 12.1 Å². The number of anilines is 2. The highest BCUT2D eigenvalue weighted by molar-refractivity contribution is 5.91. The number of esters is 1. The van der Waals surface area contributed by atoms with Gasteiger partial charge in [0.2, 0.25) is 11.9 Å². The molecular weight excluding hydrogens is 589 g/mol. The number of methoxy groups -OCH3 is 2. The van der Waals surface area contributed by atoms with Crippen molar-refractivity contribution in [3.05, 3.63) is 40.3 Å². The van der Waals surface area contributed by atoms with E-state index < -0.39 is 28.8 Å². The number of alkyl halides is 3. The number of halogens is 3. The van der Waals surface area contributed by atoms with E-state index in [0.717, 1.165) is 0 Å². The number of aliphatic hydroxyl groups excluding tert-OH is 1. The summed E-state index contributed by atoms with van der Waals surface area (Å²) in [4.78, 5) is 42.2. The average Bonchev–Trinajstić information content (AvgIpc) is 2.95. The number of nitrogens with zero attached hydrogens (tertiary/aromatic N) is 4. The normalized spacial score (nSPS) is 11.8. The minimum absolute atomic E-state index is 0.0585. The lowest BCUT2D eigenvalue weighted by Crippen LogP contribution is -2.33. The van der Waals surface area contributed by atoms with Crippen molar-refractivity contribution in [1.29, 1.82) is 0 Å². The zero-order valence-electron chi connectivity index (χ0n) is 24.5. The first-order valence-corrected chi connectivity index (χ1v) is 13.3. The Balaban J connectivity index is 1.70. The van der Waals surface area contributed by atoms with Crippen LogP contribution >= 0.6 is 0 Å². The van der Waals surface area contributed by atoms with Crippen molar-refractivity contribution in [3.63, 3.8) is 0 Å². The quantitative estimate of drug-likeness (QED) is 0.120. The molecule has 2 aromatic heterocycles. The Kier molecular flexibility index (Phi) is 9.74. The van der Waals surface area contributed by atoms with Gasteiger partial charge in [-0.25, -0.2) is 19.7 Å². The molecule has 0 aliphatic carbocycles. The summed E-state index contributed by atoms with van der Waals surface area (Å²) >= 11 is 0. The van der Waals surface area contributed by atoms with Gasteiger partial charge in [-0.05, 0) is 31.0 Å². The van der Waals surface area contributed by atoms with Crippen LogP contribution in [0, 0.1) is 12.8 Å². The minimum atomic E-state index is -5.34. The number of benzene rings is 2. The number of hydrogen-bond donors (Lipinski definition) is 3. The second-order valence-corrected chi connectivity index (χ2v) is 10.0. The highest BCUT2D eigenvalue weighted by Gasteiger charge is 2.42. The maximum Gasteiger partial charge on any atom is 0.491 e. The van der Waals surface area contributed by atoms with E-state index in [-0.39, 0.29) is 49.0 Å². The van der Waals surface area contributed by atoms with Crippen LogP contribution in [0.3, 0.4) is 0 Å². The van der Waals surface area contributed by atoms with Gasteiger partial charge in [-0.15, -0.1) is 0 Å². The number of rotatable bonds is 12. The number of aliphatic hydroxyl groups is 1. The fourth-order valence-corrected chi connectivity index (χ4v) is 4.40. The molecule has 0 aliphatic rings. The summed E-state index contributed by atoms with van der Waals surface area (Å²) in [6, 6.07) is 5.94. The zero-order chi connectivity index (χ0) is 32.2. The lowest BCUT2D eigenvalue weighted by molar-refractivity contribution is -0.189. The van der Waals surface area contributed by atoms with Gasteiger partial charge in [0.1, 0.15) is 12.0 Å². The van der Waals surface area contributed by atoms with E-state index in [9.17, 15) is 27.9 Å². The molecule has 4 aromatic rings. The summed E-state index contributed by atoms with van der Waals surface area (Å²) in [6.45, 7) is 6.03. The third-order valence-corrected chi connectivity index (χ3v) is 6.33. The first kappa shape index (κ1) is 32.2. The molecule has 0 aliphatic heterocycles. The van der Waals surface area contributed by atoms with Crippen LogP contribution in [0.5, 0.6) is 23.0 Å². The Morgan fingerprint density at radius 2 is 1.77 bits per heavy atom. The van der Waals surface area contributed by atoms with Crippen LogP contribution in [0.4, 0.5) is 25.1 Å². The number of aryl methyl sites for hydroxylation is 1. The minimum Gasteiger partial charge on any atom is -0.493 e. The molecule has 0 unspecified atom stereocenters. The van der Waals surface area contributed by atoms with E-state index in [4.69, 9.17) is 14.2 Å². The molecule has 13 nitrogen and oxygen atoms in total. The largest absolute Gasteiger partial charge is 0.493 e. The van der Waals surface area contributed by atoms with Crippen LogP contribution in [-0.2, 0) is 4.79 Å². The third-order valence-electron chi connectivity index (χ3n) is 6.33. The molecule has 0 atom stereocenters. The van der Waals surface area contributed by atoms with E-state index in [1.165, 1.54) is 26.4 Å². The van der Waals surface area contributed by atoms with Crippen LogP contribution in [0.2, 0.25) is 0 Å². The zero-order valence-corrected chi connectivity index (χ0v) is 24.5. The van der Waals surface area contributed by atoms with Crippen LogP contribution in [0.1, 0.15) is 19.5 Å². The van der Waals surface area contributed by atoms with Crippen molar-refractivity contribution >= 4 is 39.7 Å². The summed E-state index contributed by atoms with van der Waals surface area (Å²) < 4.78 is 60.3. The fraction of sp³-hybridized carbons (Fsp3) is 0.393. The number of H-pyrrole nitrogens is 1. The Morgan fingerprint density at radius 3 is 2.41 bits per heavy atom. The van der Waals surface area contributed by atoms with Crippen molar-refractivity contribution in [2.75, 3.05) is 46.0 Å². The molecule has 0 saturated carbocycles. The highest BCUT2D eigenvalue weighted by Crippen LogP contribution is 2.36. The van der Waals surface area contributed by atoms with Crippen LogP contribution in [0.25, 0.3) is 21.8 Å². The van der Waals surface area contributed by atoms with Crippen molar-refractivity contribution in [3.8, 4) is 23.0 Å². The SMILES string of the molecule is COc1cc2nc(Nc3nc4ccc(OCCN(CO)CC(C)C)c(OC(=O)C(F)(F)F)c4c(=O)[nH]3)nc(C)c2cc1OC. The Hall–Kier alpha value is -4.70. The van der Waals surface area contributed by atoms with Gasteiger partial charge < -0.3 is 24.1 Å². The Bertz CT molecular complexity index is 1730. The second kappa shape index (κ2) is 13.3. The molecule has 0 fully saturated rings. The van der Waals surface area contributed by atoms with Crippen molar-refractivity contribution < 1.29 is 42.0 Å². The third kappa shape index (κ3) is 7.26. The summed E-state index contributed by atoms with van der Waals surface area (Å²) in [5.74, 6) is -2.50.